The molecule has 8 heteroatoms. The first-order valence-electron chi connectivity index (χ1n) is 11.7. The molecule has 5 aromatic rings. The number of aromatic hydroxyl groups is 2. The molecule has 0 atom stereocenters. The number of ether oxygens (including phenoxy) is 1. The number of rotatable bonds is 7. The lowest BCUT2D eigenvalue weighted by atomic mass is 9.98. The number of nitrogens with zero attached hydrogens (tertiary/aromatic N) is 4. The van der Waals surface area contributed by atoms with Gasteiger partial charge in [-0.2, -0.15) is 0 Å². The number of phenols is 2. The predicted octanol–water partition coefficient (Wildman–Crippen LogP) is 6.26. The first kappa shape index (κ1) is 23.8. The molecule has 184 valence electrons. The van der Waals surface area contributed by atoms with Gasteiger partial charge in [0, 0.05) is 36.0 Å². The lowest BCUT2D eigenvalue weighted by Crippen LogP contribution is -2.01. The molecule has 2 N–H and O–H groups in total. The topological polar surface area (TPSA) is 85.3 Å². The molecule has 36 heavy (non-hydrogen) atoms. The summed E-state index contributed by atoms with van der Waals surface area (Å²) >= 11 is 1.57. The lowest BCUT2D eigenvalue weighted by Gasteiger charge is -2.15. The minimum Gasteiger partial charge on any atom is -0.508 e. The highest BCUT2D eigenvalue weighted by Gasteiger charge is 2.22. The fraction of sp³-hybridized carbons (Fsp3) is 0.214. The minimum absolute atomic E-state index is 0.0435. The number of hydrogen-bond donors (Lipinski definition) is 2. The molecule has 0 unspecified atom stereocenters. The monoisotopic (exact) mass is 500 g/mol. The zero-order valence-electron chi connectivity index (χ0n) is 20.6. The van der Waals surface area contributed by atoms with Crippen molar-refractivity contribution in [2.75, 3.05) is 7.11 Å². The molecule has 2 aromatic heterocycles. The number of methoxy groups -OCH3 is 1. The van der Waals surface area contributed by atoms with Crippen molar-refractivity contribution in [3.63, 3.8) is 0 Å². The van der Waals surface area contributed by atoms with Crippen LogP contribution in [0.4, 0.5) is 0 Å². The van der Waals surface area contributed by atoms with Gasteiger partial charge in [0.1, 0.15) is 17.2 Å². The molecule has 7 nitrogen and oxygen atoms in total. The van der Waals surface area contributed by atoms with Crippen LogP contribution in [-0.4, -0.2) is 36.7 Å². The van der Waals surface area contributed by atoms with Crippen LogP contribution >= 0.6 is 11.8 Å². The van der Waals surface area contributed by atoms with Crippen LogP contribution < -0.4 is 4.74 Å². The Morgan fingerprint density at radius 2 is 1.72 bits per heavy atom. The summed E-state index contributed by atoms with van der Waals surface area (Å²) in [4.78, 5) is 0. The van der Waals surface area contributed by atoms with Crippen LogP contribution in [0.3, 0.4) is 0 Å². The number of phenolic OH excluding ortho intramolecular Hbond substituents is 2. The van der Waals surface area contributed by atoms with E-state index in [-0.39, 0.29) is 17.4 Å². The standard InChI is InChI=1S/C28H28N4O3S/c1-17(2)22-14-23(26(34)15-25(22)33)27-29-30-28(36-16-18-5-8-21(35-4)9-6-18)32(27)20-7-10-24-19(13-20)11-12-31(24)3/h5-15,17,33-34H,16H2,1-4H3. The number of thioether (sulfide) groups is 1. The molecule has 2 heterocycles. The Morgan fingerprint density at radius 1 is 0.944 bits per heavy atom. The first-order chi connectivity index (χ1) is 17.4. The van der Waals surface area contributed by atoms with Crippen LogP contribution in [0, 0.1) is 0 Å². The molecule has 0 amide bonds. The van der Waals surface area contributed by atoms with E-state index in [1.165, 1.54) is 6.07 Å². The third kappa shape index (κ3) is 4.40. The quantitative estimate of drug-likeness (QED) is 0.257. The van der Waals surface area contributed by atoms with Crippen molar-refractivity contribution < 1.29 is 14.9 Å². The van der Waals surface area contributed by atoms with Gasteiger partial charge in [-0.1, -0.05) is 37.7 Å². The number of benzene rings is 3. The molecule has 0 aliphatic heterocycles. The molecule has 0 saturated carbocycles. The van der Waals surface area contributed by atoms with Gasteiger partial charge in [0.15, 0.2) is 11.0 Å². The number of fused-ring (bicyclic) bond motifs is 1. The smallest absolute Gasteiger partial charge is 0.196 e. The third-order valence-corrected chi connectivity index (χ3v) is 7.30. The molecule has 0 spiro atoms. The summed E-state index contributed by atoms with van der Waals surface area (Å²) in [7, 11) is 3.67. The number of hydrogen-bond acceptors (Lipinski definition) is 6. The van der Waals surface area contributed by atoms with Crippen molar-refractivity contribution in [1.82, 2.24) is 19.3 Å². The molecule has 0 saturated heterocycles. The third-order valence-electron chi connectivity index (χ3n) is 6.30. The van der Waals surface area contributed by atoms with E-state index >= 15 is 0 Å². The van der Waals surface area contributed by atoms with Crippen LogP contribution in [0.1, 0.15) is 30.9 Å². The summed E-state index contributed by atoms with van der Waals surface area (Å²) in [5.74, 6) is 2.12. The molecule has 0 aliphatic rings. The molecule has 0 radical (unpaired) electrons. The molecular weight excluding hydrogens is 472 g/mol. The van der Waals surface area contributed by atoms with E-state index in [1.807, 2.05) is 62.0 Å². The SMILES string of the molecule is COc1ccc(CSc2nnc(-c3cc(C(C)C)c(O)cc3O)n2-c2ccc3c(ccn3C)c2)cc1. The van der Waals surface area contributed by atoms with Crippen molar-refractivity contribution >= 4 is 22.7 Å². The van der Waals surface area contributed by atoms with E-state index in [0.29, 0.717) is 22.3 Å². The van der Waals surface area contributed by atoms with Crippen molar-refractivity contribution in [2.45, 2.75) is 30.7 Å². The van der Waals surface area contributed by atoms with Gasteiger partial charge in [-0.3, -0.25) is 4.57 Å². The minimum atomic E-state index is -0.0435. The van der Waals surface area contributed by atoms with Crippen LogP contribution in [0.2, 0.25) is 0 Å². The van der Waals surface area contributed by atoms with Crippen LogP contribution in [-0.2, 0) is 12.8 Å². The van der Waals surface area contributed by atoms with Gasteiger partial charge in [-0.15, -0.1) is 10.2 Å². The summed E-state index contributed by atoms with van der Waals surface area (Å²) < 4.78 is 9.31. The Labute approximate surface area is 214 Å². The van der Waals surface area contributed by atoms with Gasteiger partial charge in [0.05, 0.1) is 18.4 Å². The van der Waals surface area contributed by atoms with E-state index in [9.17, 15) is 10.2 Å². The first-order valence-corrected chi connectivity index (χ1v) is 12.7. The van der Waals surface area contributed by atoms with Gasteiger partial charge in [0.2, 0.25) is 0 Å². The second-order valence-electron chi connectivity index (χ2n) is 9.03. The fourth-order valence-corrected chi connectivity index (χ4v) is 5.19. The summed E-state index contributed by atoms with van der Waals surface area (Å²) in [6.07, 6.45) is 2.03. The molecular formula is C28H28N4O3S. The Morgan fingerprint density at radius 3 is 2.44 bits per heavy atom. The average molecular weight is 501 g/mol. The maximum atomic E-state index is 10.8. The summed E-state index contributed by atoms with van der Waals surface area (Å²) in [6, 6.07) is 19.4. The van der Waals surface area contributed by atoms with Crippen LogP contribution in [0.15, 0.2) is 72.0 Å². The zero-order valence-corrected chi connectivity index (χ0v) is 21.5. The molecule has 5 rings (SSSR count). The van der Waals surface area contributed by atoms with Gasteiger partial charge in [-0.05, 0) is 59.5 Å². The van der Waals surface area contributed by atoms with Crippen LogP contribution in [0.5, 0.6) is 17.2 Å². The molecule has 0 bridgehead atoms. The number of aryl methyl sites for hydroxylation is 1. The highest BCUT2D eigenvalue weighted by Crippen LogP contribution is 2.39. The van der Waals surface area contributed by atoms with E-state index < -0.39 is 0 Å². The van der Waals surface area contributed by atoms with Gasteiger partial charge < -0.3 is 19.5 Å². The maximum Gasteiger partial charge on any atom is 0.196 e. The largest absolute Gasteiger partial charge is 0.508 e. The highest BCUT2D eigenvalue weighted by molar-refractivity contribution is 7.98. The molecule has 3 aromatic carbocycles. The second-order valence-corrected chi connectivity index (χ2v) is 9.97. The Kier molecular flexibility index (Phi) is 6.36. The maximum absolute atomic E-state index is 10.8. The summed E-state index contributed by atoms with van der Waals surface area (Å²) in [5, 5.41) is 32.0. The molecule has 0 aliphatic carbocycles. The van der Waals surface area contributed by atoms with Gasteiger partial charge in [0.25, 0.3) is 0 Å². The second kappa shape index (κ2) is 9.62. The van der Waals surface area contributed by atoms with Crippen molar-refractivity contribution in [3.05, 3.63) is 78.0 Å². The average Bonchev–Trinajstić information content (AvgIpc) is 3.46. The normalized spacial score (nSPS) is 11.5. The van der Waals surface area contributed by atoms with E-state index in [4.69, 9.17) is 4.74 Å². The predicted molar refractivity (Wildman–Crippen MR) is 143 cm³/mol. The Bertz CT molecular complexity index is 1540. The van der Waals surface area contributed by atoms with Crippen LogP contribution in [0.25, 0.3) is 28.0 Å². The van der Waals surface area contributed by atoms with E-state index in [2.05, 4.69) is 33.0 Å². The summed E-state index contributed by atoms with van der Waals surface area (Å²) in [6.45, 7) is 4.00. The Hall–Kier alpha value is -3.91. The van der Waals surface area contributed by atoms with Crippen molar-refractivity contribution in [3.8, 4) is 34.3 Å². The van der Waals surface area contributed by atoms with Gasteiger partial charge in [-0.25, -0.2) is 0 Å². The zero-order chi connectivity index (χ0) is 25.4. The lowest BCUT2D eigenvalue weighted by molar-refractivity contribution is 0.414. The molecule has 0 fully saturated rings. The fourth-order valence-electron chi connectivity index (χ4n) is 4.28. The van der Waals surface area contributed by atoms with Crippen molar-refractivity contribution in [1.29, 1.82) is 0 Å². The van der Waals surface area contributed by atoms with Gasteiger partial charge >= 0.3 is 0 Å². The number of aromatic nitrogens is 4. The summed E-state index contributed by atoms with van der Waals surface area (Å²) in [5.41, 5.74) is 4.40. The highest BCUT2D eigenvalue weighted by atomic mass is 32.2. The van der Waals surface area contributed by atoms with E-state index in [0.717, 1.165) is 33.5 Å². The Balaban J connectivity index is 1.62. The van der Waals surface area contributed by atoms with Crippen molar-refractivity contribution in [2.24, 2.45) is 7.05 Å². The van der Waals surface area contributed by atoms with E-state index in [1.54, 1.807) is 24.9 Å².